The van der Waals surface area contributed by atoms with E-state index in [9.17, 15) is 24.6 Å². The molecule has 31 heavy (non-hydrogen) atoms. The number of H-pyrrole nitrogens is 1. The molecule has 0 saturated carbocycles. The van der Waals surface area contributed by atoms with Gasteiger partial charge in [0.25, 0.3) is 5.91 Å². The van der Waals surface area contributed by atoms with Crippen LogP contribution in [0.1, 0.15) is 34.8 Å². The Morgan fingerprint density at radius 1 is 1.10 bits per heavy atom. The topological polar surface area (TPSA) is 123 Å². The predicted molar refractivity (Wildman–Crippen MR) is 115 cm³/mol. The van der Waals surface area contributed by atoms with Crippen molar-refractivity contribution in [2.45, 2.75) is 18.9 Å². The number of hydrogen-bond acceptors (Lipinski definition) is 4. The number of piperidine rings is 1. The van der Waals surface area contributed by atoms with Gasteiger partial charge in [0.05, 0.1) is 5.92 Å². The zero-order valence-corrected chi connectivity index (χ0v) is 16.7. The SMILES string of the molecule is O=C(Nc1ccc2c([C@H](C(=O)O)N3CCC[C@@H](C(=O)O)C3)c[nH]c2c1)c1ccccc1. The van der Waals surface area contributed by atoms with Crippen LogP contribution in [-0.4, -0.2) is 51.0 Å². The molecule has 4 rings (SSSR count). The van der Waals surface area contributed by atoms with Crippen LogP contribution in [0, 0.1) is 5.92 Å². The number of carboxylic acids is 2. The number of rotatable bonds is 6. The predicted octanol–water partition coefficient (Wildman–Crippen LogP) is 3.34. The maximum absolute atomic E-state index is 12.4. The third-order valence-corrected chi connectivity index (χ3v) is 5.70. The van der Waals surface area contributed by atoms with Crippen molar-refractivity contribution in [2.24, 2.45) is 5.92 Å². The number of anilines is 1. The fraction of sp³-hybridized carbons (Fsp3) is 0.261. The molecule has 1 fully saturated rings. The number of aliphatic carboxylic acids is 2. The second kappa shape index (κ2) is 8.61. The van der Waals surface area contributed by atoms with Gasteiger partial charge in [-0.3, -0.25) is 19.3 Å². The molecule has 1 aliphatic rings. The Kier molecular flexibility index (Phi) is 5.73. The highest BCUT2D eigenvalue weighted by Gasteiger charge is 2.35. The number of amides is 1. The molecule has 2 atom stereocenters. The summed E-state index contributed by atoms with van der Waals surface area (Å²) in [7, 11) is 0. The second-order valence-electron chi connectivity index (χ2n) is 7.74. The Hall–Kier alpha value is -3.65. The fourth-order valence-electron chi connectivity index (χ4n) is 4.17. The Labute approximate surface area is 178 Å². The molecule has 1 amide bonds. The lowest BCUT2D eigenvalue weighted by atomic mass is 9.94. The Bertz CT molecular complexity index is 1120. The molecule has 160 valence electrons. The summed E-state index contributed by atoms with van der Waals surface area (Å²) in [6.45, 7) is 0.725. The molecule has 0 aliphatic carbocycles. The maximum atomic E-state index is 12.4. The summed E-state index contributed by atoms with van der Waals surface area (Å²) in [5.74, 6) is -2.72. The fourth-order valence-corrected chi connectivity index (χ4v) is 4.17. The van der Waals surface area contributed by atoms with E-state index in [1.54, 1.807) is 53.6 Å². The van der Waals surface area contributed by atoms with E-state index in [-0.39, 0.29) is 12.5 Å². The summed E-state index contributed by atoms with van der Waals surface area (Å²) in [6.07, 6.45) is 2.84. The summed E-state index contributed by atoms with van der Waals surface area (Å²) in [4.78, 5) is 40.7. The van der Waals surface area contributed by atoms with E-state index in [1.807, 2.05) is 6.07 Å². The zero-order chi connectivity index (χ0) is 22.0. The van der Waals surface area contributed by atoms with Crippen molar-refractivity contribution in [1.29, 1.82) is 0 Å². The Morgan fingerprint density at radius 3 is 2.58 bits per heavy atom. The molecule has 0 radical (unpaired) electrons. The van der Waals surface area contributed by atoms with Crippen LogP contribution in [0.5, 0.6) is 0 Å². The number of nitrogens with zero attached hydrogens (tertiary/aromatic N) is 1. The van der Waals surface area contributed by atoms with Gasteiger partial charge in [0.2, 0.25) is 0 Å². The van der Waals surface area contributed by atoms with Crippen LogP contribution in [0.4, 0.5) is 5.69 Å². The van der Waals surface area contributed by atoms with E-state index in [1.165, 1.54) is 0 Å². The van der Waals surface area contributed by atoms with Crippen molar-refractivity contribution in [3.8, 4) is 0 Å². The summed E-state index contributed by atoms with van der Waals surface area (Å²) < 4.78 is 0. The highest BCUT2D eigenvalue weighted by atomic mass is 16.4. The molecule has 3 aromatic rings. The van der Waals surface area contributed by atoms with E-state index >= 15 is 0 Å². The Balaban J connectivity index is 1.59. The number of benzene rings is 2. The van der Waals surface area contributed by atoms with Crippen molar-refractivity contribution in [1.82, 2.24) is 9.88 Å². The summed E-state index contributed by atoms with van der Waals surface area (Å²) >= 11 is 0. The molecule has 2 aromatic carbocycles. The number of carbonyl (C=O) groups is 3. The van der Waals surface area contributed by atoms with Gasteiger partial charge in [-0.2, -0.15) is 0 Å². The van der Waals surface area contributed by atoms with E-state index in [0.717, 1.165) is 5.39 Å². The number of aromatic amines is 1. The van der Waals surface area contributed by atoms with E-state index in [0.29, 0.717) is 41.7 Å². The van der Waals surface area contributed by atoms with Gasteiger partial charge < -0.3 is 20.5 Å². The number of carboxylic acid groups (broad SMARTS) is 2. The lowest BCUT2D eigenvalue weighted by Gasteiger charge is -2.34. The van der Waals surface area contributed by atoms with Gasteiger partial charge >= 0.3 is 11.9 Å². The van der Waals surface area contributed by atoms with Gasteiger partial charge in [-0.25, -0.2) is 0 Å². The van der Waals surface area contributed by atoms with Gasteiger partial charge in [0.1, 0.15) is 6.04 Å². The maximum Gasteiger partial charge on any atom is 0.325 e. The quantitative estimate of drug-likeness (QED) is 0.484. The molecule has 1 aliphatic heterocycles. The monoisotopic (exact) mass is 421 g/mol. The number of nitrogens with one attached hydrogen (secondary N) is 2. The minimum Gasteiger partial charge on any atom is -0.481 e. The molecule has 8 heteroatoms. The second-order valence-corrected chi connectivity index (χ2v) is 7.74. The van der Waals surface area contributed by atoms with Crippen LogP contribution in [0.2, 0.25) is 0 Å². The first-order valence-electron chi connectivity index (χ1n) is 10.1. The summed E-state index contributed by atoms with van der Waals surface area (Å²) in [6, 6.07) is 13.2. The molecule has 2 heterocycles. The molecule has 8 nitrogen and oxygen atoms in total. The molecular weight excluding hydrogens is 398 g/mol. The van der Waals surface area contributed by atoms with E-state index in [2.05, 4.69) is 10.3 Å². The summed E-state index contributed by atoms with van der Waals surface area (Å²) in [5.41, 5.74) is 2.40. The van der Waals surface area contributed by atoms with Crippen molar-refractivity contribution in [2.75, 3.05) is 18.4 Å². The van der Waals surface area contributed by atoms with Crippen molar-refractivity contribution < 1.29 is 24.6 Å². The van der Waals surface area contributed by atoms with E-state index < -0.39 is 23.9 Å². The van der Waals surface area contributed by atoms with Crippen LogP contribution in [0.15, 0.2) is 54.7 Å². The normalized spacial score (nSPS) is 17.9. The lowest BCUT2D eigenvalue weighted by Crippen LogP contribution is -2.43. The minimum atomic E-state index is -1.02. The zero-order valence-electron chi connectivity index (χ0n) is 16.7. The molecule has 0 bridgehead atoms. The van der Waals surface area contributed by atoms with Gasteiger partial charge in [-0.15, -0.1) is 0 Å². The molecule has 1 saturated heterocycles. The molecule has 4 N–H and O–H groups in total. The Morgan fingerprint density at radius 2 is 1.87 bits per heavy atom. The first kappa shape index (κ1) is 20.6. The number of carbonyl (C=O) groups excluding carboxylic acids is 1. The van der Waals surface area contributed by atoms with Gasteiger partial charge in [-0.05, 0) is 43.7 Å². The van der Waals surface area contributed by atoms with E-state index in [4.69, 9.17) is 0 Å². The molecule has 0 unspecified atom stereocenters. The average Bonchev–Trinajstić information content (AvgIpc) is 3.17. The third-order valence-electron chi connectivity index (χ3n) is 5.70. The highest BCUT2D eigenvalue weighted by Crippen LogP contribution is 2.33. The standard InChI is InChI=1S/C23H23N3O5/c27-21(14-5-2-1-3-6-14)25-16-8-9-17-18(12-24-19(17)11-16)20(23(30)31)26-10-4-7-15(13-26)22(28)29/h1-3,5-6,8-9,11-12,15,20,24H,4,7,10,13H2,(H,25,27)(H,28,29)(H,30,31)/t15-,20-/m1/s1. The van der Waals surface area contributed by atoms with Gasteiger partial charge in [-0.1, -0.05) is 24.3 Å². The number of likely N-dealkylation sites (tertiary alicyclic amines) is 1. The largest absolute Gasteiger partial charge is 0.481 e. The minimum absolute atomic E-state index is 0.199. The molecular formula is C23H23N3O5. The van der Waals surface area contributed by atoms with Crippen molar-refractivity contribution in [3.05, 3.63) is 65.9 Å². The van der Waals surface area contributed by atoms with Crippen LogP contribution in [0.3, 0.4) is 0 Å². The van der Waals surface area contributed by atoms with Gasteiger partial charge in [0, 0.05) is 40.5 Å². The van der Waals surface area contributed by atoms with Crippen LogP contribution < -0.4 is 5.32 Å². The van der Waals surface area contributed by atoms with Crippen molar-refractivity contribution >= 4 is 34.4 Å². The number of hydrogen-bond donors (Lipinski definition) is 4. The third kappa shape index (κ3) is 4.29. The van der Waals surface area contributed by atoms with Crippen LogP contribution in [0.25, 0.3) is 10.9 Å². The average molecular weight is 421 g/mol. The smallest absolute Gasteiger partial charge is 0.325 e. The first-order valence-corrected chi connectivity index (χ1v) is 10.1. The van der Waals surface area contributed by atoms with Crippen LogP contribution in [-0.2, 0) is 9.59 Å². The molecule has 1 aromatic heterocycles. The lowest BCUT2D eigenvalue weighted by molar-refractivity contribution is -0.149. The van der Waals surface area contributed by atoms with Crippen molar-refractivity contribution in [3.63, 3.8) is 0 Å². The summed E-state index contributed by atoms with van der Waals surface area (Å²) in [5, 5.41) is 22.8. The van der Waals surface area contributed by atoms with Gasteiger partial charge in [0.15, 0.2) is 0 Å². The highest BCUT2D eigenvalue weighted by molar-refractivity contribution is 6.05. The number of aromatic nitrogens is 1. The van der Waals surface area contributed by atoms with Crippen LogP contribution >= 0.6 is 0 Å². The number of fused-ring (bicyclic) bond motifs is 1. The first-order chi connectivity index (χ1) is 14.9. The molecule has 0 spiro atoms.